The van der Waals surface area contributed by atoms with E-state index in [1.807, 2.05) is 48.5 Å². The van der Waals surface area contributed by atoms with E-state index < -0.39 is 5.25 Å². The van der Waals surface area contributed by atoms with Gasteiger partial charge in [-0.15, -0.1) is 11.8 Å². The van der Waals surface area contributed by atoms with Crippen LogP contribution in [0.4, 0.5) is 11.4 Å². The van der Waals surface area contributed by atoms with Crippen LogP contribution in [-0.4, -0.2) is 11.8 Å². The molecule has 0 radical (unpaired) electrons. The minimum atomic E-state index is -0.515. The lowest BCUT2D eigenvalue weighted by atomic mass is 10.1. The van der Waals surface area contributed by atoms with Crippen molar-refractivity contribution in [2.24, 2.45) is 0 Å². The first kappa shape index (κ1) is 23.9. The second-order valence-corrected chi connectivity index (χ2v) is 9.45. The molecule has 2 amide bonds. The molecule has 2 N–H and O–H groups in total. The first-order valence-electron chi connectivity index (χ1n) is 10.4. The number of rotatable bonds is 7. The molecule has 4 nitrogen and oxygen atoms in total. The Labute approximate surface area is 212 Å². The van der Waals surface area contributed by atoms with Crippen molar-refractivity contribution in [2.75, 3.05) is 10.6 Å². The Morgan fingerprint density at radius 1 is 0.676 bits per heavy atom. The molecule has 0 heterocycles. The van der Waals surface area contributed by atoms with Crippen LogP contribution in [-0.2, 0) is 4.79 Å². The Hall–Kier alpha value is -3.25. The van der Waals surface area contributed by atoms with Crippen LogP contribution in [0.2, 0.25) is 10.0 Å². The largest absolute Gasteiger partial charge is 0.325 e. The molecule has 0 fully saturated rings. The Kier molecular flexibility index (Phi) is 7.91. The summed E-state index contributed by atoms with van der Waals surface area (Å²) in [5, 5.41) is 6.36. The van der Waals surface area contributed by atoms with Crippen LogP contribution in [0.15, 0.2) is 108 Å². The molecule has 0 bridgehead atoms. The maximum Gasteiger partial charge on any atom is 0.255 e. The van der Waals surface area contributed by atoms with Gasteiger partial charge in [-0.2, -0.15) is 0 Å². The molecule has 34 heavy (non-hydrogen) atoms. The lowest BCUT2D eigenvalue weighted by molar-refractivity contribution is -0.115. The Bertz CT molecular complexity index is 1310. The van der Waals surface area contributed by atoms with E-state index in [1.54, 1.807) is 54.6 Å². The lowest BCUT2D eigenvalue weighted by Gasteiger charge is -2.18. The molecule has 4 aromatic rings. The van der Waals surface area contributed by atoms with Crippen molar-refractivity contribution in [1.82, 2.24) is 0 Å². The van der Waals surface area contributed by atoms with E-state index in [2.05, 4.69) is 10.6 Å². The molecule has 0 saturated carbocycles. The van der Waals surface area contributed by atoms with Gasteiger partial charge in [0.2, 0.25) is 5.91 Å². The van der Waals surface area contributed by atoms with Crippen LogP contribution in [0.5, 0.6) is 0 Å². The van der Waals surface area contributed by atoms with Crippen molar-refractivity contribution in [2.45, 2.75) is 10.1 Å². The van der Waals surface area contributed by atoms with Crippen LogP contribution >= 0.6 is 35.0 Å². The number of carbonyl (C=O) groups is 2. The summed E-state index contributed by atoms with van der Waals surface area (Å²) in [6.45, 7) is 0. The summed E-state index contributed by atoms with van der Waals surface area (Å²) in [5.41, 5.74) is 2.58. The fourth-order valence-corrected chi connectivity index (χ4v) is 4.76. The van der Waals surface area contributed by atoms with Crippen LogP contribution in [0.3, 0.4) is 0 Å². The predicted octanol–water partition coefficient (Wildman–Crippen LogP) is 7.72. The minimum Gasteiger partial charge on any atom is -0.325 e. The van der Waals surface area contributed by atoms with E-state index in [1.165, 1.54) is 11.8 Å². The zero-order valence-electron chi connectivity index (χ0n) is 17.9. The third-order valence-corrected chi connectivity index (χ3v) is 6.58. The summed E-state index contributed by atoms with van der Waals surface area (Å²) in [6.07, 6.45) is 0. The number of halogens is 2. The van der Waals surface area contributed by atoms with E-state index in [-0.39, 0.29) is 11.8 Å². The molecule has 4 rings (SSSR count). The molecule has 1 unspecified atom stereocenters. The molecule has 0 aliphatic rings. The standard InChI is InChI=1S/C27H20Cl2N2O2S/c28-20-10-4-9-19(15-20)26(32)30-23-13-6-14-24(17-23)34-25(18-7-2-1-3-8-18)27(33)31-22-12-5-11-21(29)16-22/h1-17,25H,(H,30,32)(H,31,33). The van der Waals surface area contributed by atoms with Crippen molar-refractivity contribution in [3.05, 3.63) is 124 Å². The minimum absolute atomic E-state index is 0.174. The number of amides is 2. The van der Waals surface area contributed by atoms with Crippen molar-refractivity contribution >= 4 is 58.2 Å². The highest BCUT2D eigenvalue weighted by atomic mass is 35.5. The molecule has 1 atom stereocenters. The zero-order chi connectivity index (χ0) is 23.9. The van der Waals surface area contributed by atoms with Crippen molar-refractivity contribution in [3.63, 3.8) is 0 Å². The van der Waals surface area contributed by atoms with Crippen LogP contribution in [0.25, 0.3) is 0 Å². The summed E-state index contributed by atoms with van der Waals surface area (Å²) in [5.74, 6) is -0.435. The van der Waals surface area contributed by atoms with E-state index in [9.17, 15) is 9.59 Å². The lowest BCUT2D eigenvalue weighted by Crippen LogP contribution is -2.19. The van der Waals surface area contributed by atoms with Gasteiger partial charge in [-0.05, 0) is 60.2 Å². The van der Waals surface area contributed by atoms with E-state index in [4.69, 9.17) is 23.2 Å². The predicted molar refractivity (Wildman–Crippen MR) is 141 cm³/mol. The summed E-state index contributed by atoms with van der Waals surface area (Å²) >= 11 is 13.5. The quantitative estimate of drug-likeness (QED) is 0.252. The van der Waals surface area contributed by atoms with Crippen LogP contribution < -0.4 is 10.6 Å². The number of anilines is 2. The topological polar surface area (TPSA) is 58.2 Å². The average molecular weight is 507 g/mol. The van der Waals surface area contributed by atoms with Gasteiger partial charge in [0.15, 0.2) is 0 Å². The van der Waals surface area contributed by atoms with Gasteiger partial charge >= 0.3 is 0 Å². The highest BCUT2D eigenvalue weighted by Gasteiger charge is 2.22. The number of carbonyl (C=O) groups excluding carboxylic acids is 2. The number of hydrogen-bond acceptors (Lipinski definition) is 3. The van der Waals surface area contributed by atoms with Gasteiger partial charge in [0, 0.05) is 31.9 Å². The van der Waals surface area contributed by atoms with Gasteiger partial charge in [-0.25, -0.2) is 0 Å². The maximum absolute atomic E-state index is 13.3. The van der Waals surface area contributed by atoms with Gasteiger partial charge in [-0.1, -0.05) is 71.7 Å². The molecule has 0 aliphatic heterocycles. The smallest absolute Gasteiger partial charge is 0.255 e. The van der Waals surface area contributed by atoms with Crippen LogP contribution in [0, 0.1) is 0 Å². The molecule has 0 spiro atoms. The summed E-state index contributed by atoms with van der Waals surface area (Å²) < 4.78 is 0. The fourth-order valence-electron chi connectivity index (χ4n) is 3.29. The molecular formula is C27H20Cl2N2O2S. The number of thioether (sulfide) groups is 1. The first-order valence-corrected chi connectivity index (χ1v) is 12.1. The van der Waals surface area contributed by atoms with Gasteiger partial charge in [-0.3, -0.25) is 9.59 Å². The second-order valence-electron chi connectivity index (χ2n) is 7.40. The van der Waals surface area contributed by atoms with Crippen molar-refractivity contribution in [1.29, 1.82) is 0 Å². The molecule has 4 aromatic carbocycles. The van der Waals surface area contributed by atoms with Crippen molar-refractivity contribution in [3.8, 4) is 0 Å². The summed E-state index contributed by atoms with van der Waals surface area (Å²) in [4.78, 5) is 26.7. The van der Waals surface area contributed by atoms with Crippen LogP contribution in [0.1, 0.15) is 21.2 Å². The zero-order valence-corrected chi connectivity index (χ0v) is 20.2. The highest BCUT2D eigenvalue weighted by Crippen LogP contribution is 2.37. The second kappa shape index (κ2) is 11.3. The van der Waals surface area contributed by atoms with E-state index in [0.29, 0.717) is 27.0 Å². The third-order valence-electron chi connectivity index (χ3n) is 4.87. The van der Waals surface area contributed by atoms with Crippen molar-refractivity contribution < 1.29 is 9.59 Å². The fraction of sp³-hybridized carbons (Fsp3) is 0.0370. The van der Waals surface area contributed by atoms with Gasteiger partial charge in [0.1, 0.15) is 5.25 Å². The Balaban J connectivity index is 1.54. The summed E-state index contributed by atoms with van der Waals surface area (Å²) in [6, 6.07) is 30.7. The third kappa shape index (κ3) is 6.41. The van der Waals surface area contributed by atoms with E-state index in [0.717, 1.165) is 10.5 Å². The normalized spacial score (nSPS) is 11.5. The molecule has 170 valence electrons. The first-order chi connectivity index (χ1) is 16.5. The number of benzene rings is 4. The number of nitrogens with one attached hydrogen (secondary N) is 2. The van der Waals surface area contributed by atoms with Gasteiger partial charge < -0.3 is 10.6 Å². The molecule has 0 aromatic heterocycles. The molecule has 0 saturated heterocycles. The highest BCUT2D eigenvalue weighted by molar-refractivity contribution is 8.00. The van der Waals surface area contributed by atoms with Gasteiger partial charge in [0.05, 0.1) is 0 Å². The molecule has 7 heteroatoms. The maximum atomic E-state index is 13.3. The SMILES string of the molecule is O=C(Nc1cccc(SC(C(=O)Nc2cccc(Cl)c2)c2ccccc2)c1)c1cccc(Cl)c1. The van der Waals surface area contributed by atoms with Gasteiger partial charge in [0.25, 0.3) is 5.91 Å². The molecule has 0 aliphatic carbocycles. The Morgan fingerprint density at radius 2 is 1.32 bits per heavy atom. The monoisotopic (exact) mass is 506 g/mol. The Morgan fingerprint density at radius 3 is 2.03 bits per heavy atom. The number of hydrogen-bond donors (Lipinski definition) is 2. The van der Waals surface area contributed by atoms with E-state index >= 15 is 0 Å². The average Bonchev–Trinajstić information content (AvgIpc) is 2.83. The summed E-state index contributed by atoms with van der Waals surface area (Å²) in [7, 11) is 0. The molecular weight excluding hydrogens is 487 g/mol.